The molecule has 3 N–H and O–H groups in total. The predicted molar refractivity (Wildman–Crippen MR) is 128 cm³/mol. The van der Waals surface area contributed by atoms with Crippen LogP contribution in [0.1, 0.15) is 26.0 Å². The van der Waals surface area contributed by atoms with Gasteiger partial charge in [0.1, 0.15) is 17.8 Å². The summed E-state index contributed by atoms with van der Waals surface area (Å²) in [5.74, 6) is 0.294. The van der Waals surface area contributed by atoms with Gasteiger partial charge in [-0.3, -0.25) is 9.78 Å². The molecule has 7 nitrogen and oxygen atoms in total. The van der Waals surface area contributed by atoms with E-state index in [1.807, 2.05) is 44.3 Å². The van der Waals surface area contributed by atoms with Gasteiger partial charge in [-0.1, -0.05) is 37.8 Å². The van der Waals surface area contributed by atoms with Crippen LogP contribution in [0.3, 0.4) is 0 Å². The van der Waals surface area contributed by atoms with E-state index in [-0.39, 0.29) is 11.9 Å². The van der Waals surface area contributed by atoms with Crippen molar-refractivity contribution in [3.63, 3.8) is 0 Å². The highest BCUT2D eigenvalue weighted by atomic mass is 16.1. The minimum absolute atomic E-state index is 0.130. The number of hydrogen-bond acceptors (Lipinski definition) is 5. The van der Waals surface area contributed by atoms with E-state index in [9.17, 15) is 4.79 Å². The number of nitrogens with two attached hydrogens (primary N) is 1. The zero-order chi connectivity index (χ0) is 22.4. The van der Waals surface area contributed by atoms with Crippen LogP contribution < -0.4 is 11.1 Å². The summed E-state index contributed by atoms with van der Waals surface area (Å²) in [4.78, 5) is 25.9. The number of fused-ring (bicyclic) bond motifs is 4. The summed E-state index contributed by atoms with van der Waals surface area (Å²) in [5.41, 5.74) is 12.6. The van der Waals surface area contributed by atoms with E-state index in [1.54, 1.807) is 0 Å². The standard InChI is InChI=1S/C25H24N6O/c1-4-14(2)25(32)30-18-9-15(3)22-20(17-10-16-7-5-6-8-19(16)27-11-17)21-23(26)28-13-29-24(21)31(22)12-18/h5-11,13,18H,2,4,12H2,1,3H3,(H,30,32)(H2,26,28,29)/t18-/m0/s1. The first-order valence-corrected chi connectivity index (χ1v) is 10.6. The topological polar surface area (TPSA) is 98.7 Å². The molecular formula is C25H24N6O. The molecule has 4 aromatic rings. The molecule has 0 saturated heterocycles. The largest absolute Gasteiger partial charge is 0.383 e. The van der Waals surface area contributed by atoms with Crippen molar-refractivity contribution >= 4 is 39.2 Å². The number of pyridine rings is 1. The van der Waals surface area contributed by atoms with Gasteiger partial charge in [0.25, 0.3) is 0 Å². The maximum absolute atomic E-state index is 12.4. The van der Waals surface area contributed by atoms with Gasteiger partial charge < -0.3 is 15.6 Å². The Morgan fingerprint density at radius 3 is 2.91 bits per heavy atom. The fourth-order valence-corrected chi connectivity index (χ4v) is 4.42. The Kier molecular flexibility index (Phi) is 4.74. The Morgan fingerprint density at radius 1 is 1.28 bits per heavy atom. The lowest BCUT2D eigenvalue weighted by Crippen LogP contribution is -2.39. The fourth-order valence-electron chi connectivity index (χ4n) is 4.42. The summed E-state index contributed by atoms with van der Waals surface area (Å²) in [6.45, 7) is 8.36. The quantitative estimate of drug-likeness (QED) is 0.481. The first-order chi connectivity index (χ1) is 15.5. The molecule has 1 aliphatic heterocycles. The molecule has 3 aromatic heterocycles. The van der Waals surface area contributed by atoms with E-state index < -0.39 is 0 Å². The first-order valence-electron chi connectivity index (χ1n) is 10.6. The third-order valence-electron chi connectivity index (χ3n) is 6.02. The van der Waals surface area contributed by atoms with Gasteiger partial charge >= 0.3 is 0 Å². The van der Waals surface area contributed by atoms with Crippen molar-refractivity contribution in [1.82, 2.24) is 24.8 Å². The average molecular weight is 425 g/mol. The smallest absolute Gasteiger partial charge is 0.247 e. The van der Waals surface area contributed by atoms with Crippen molar-refractivity contribution in [3.8, 4) is 11.1 Å². The Morgan fingerprint density at radius 2 is 2.09 bits per heavy atom. The van der Waals surface area contributed by atoms with E-state index in [1.165, 1.54) is 6.33 Å². The van der Waals surface area contributed by atoms with Crippen LogP contribution >= 0.6 is 0 Å². The summed E-state index contributed by atoms with van der Waals surface area (Å²) >= 11 is 0. The van der Waals surface area contributed by atoms with Crippen molar-refractivity contribution in [1.29, 1.82) is 0 Å². The Balaban J connectivity index is 1.69. The van der Waals surface area contributed by atoms with Crippen molar-refractivity contribution in [3.05, 3.63) is 66.8 Å². The number of nitrogens with zero attached hydrogens (tertiary/aromatic N) is 4. The number of para-hydroxylation sites is 1. The molecule has 7 heteroatoms. The number of aromatic nitrogens is 4. The van der Waals surface area contributed by atoms with E-state index in [4.69, 9.17) is 5.73 Å². The number of amides is 1. The molecule has 0 aliphatic carbocycles. The zero-order valence-corrected chi connectivity index (χ0v) is 18.1. The molecule has 1 aliphatic rings. The third-order valence-corrected chi connectivity index (χ3v) is 6.02. The lowest BCUT2D eigenvalue weighted by atomic mass is 9.97. The highest BCUT2D eigenvalue weighted by molar-refractivity contribution is 6.07. The number of benzene rings is 1. The monoisotopic (exact) mass is 424 g/mol. The molecule has 1 amide bonds. The third kappa shape index (κ3) is 3.13. The number of carbonyl (C=O) groups is 1. The molecule has 1 atom stereocenters. The lowest BCUT2D eigenvalue weighted by molar-refractivity contribution is -0.118. The molecule has 0 bridgehead atoms. The Bertz CT molecular complexity index is 1430. The zero-order valence-electron chi connectivity index (χ0n) is 18.1. The molecule has 1 aromatic carbocycles. The van der Waals surface area contributed by atoms with Crippen molar-refractivity contribution in [2.45, 2.75) is 32.9 Å². The summed E-state index contributed by atoms with van der Waals surface area (Å²) in [6.07, 6.45) is 6.04. The average Bonchev–Trinajstić information content (AvgIpc) is 3.14. The maximum Gasteiger partial charge on any atom is 0.247 e. The van der Waals surface area contributed by atoms with Gasteiger partial charge in [-0.05, 0) is 31.1 Å². The predicted octanol–water partition coefficient (Wildman–Crippen LogP) is 4.10. The number of carbonyl (C=O) groups excluding carboxylic acids is 1. The van der Waals surface area contributed by atoms with Gasteiger partial charge in [0.05, 0.1) is 22.6 Å². The van der Waals surface area contributed by atoms with E-state index >= 15 is 0 Å². The number of hydrogen-bond donors (Lipinski definition) is 2. The van der Waals surface area contributed by atoms with Gasteiger partial charge in [0.15, 0.2) is 0 Å². The SMILES string of the molecule is C=C(CC)C(=O)N[C@H]1C=C(C)c2c(-c3cnc4ccccc4c3)c3c(N)ncnc3n2C1. The summed E-state index contributed by atoms with van der Waals surface area (Å²) < 4.78 is 2.12. The molecule has 32 heavy (non-hydrogen) atoms. The number of nitrogens with one attached hydrogen (secondary N) is 1. The summed E-state index contributed by atoms with van der Waals surface area (Å²) in [7, 11) is 0. The van der Waals surface area contributed by atoms with Crippen LogP contribution in [0.25, 0.3) is 38.6 Å². The van der Waals surface area contributed by atoms with Crippen LogP contribution in [0.15, 0.2) is 61.1 Å². The lowest BCUT2D eigenvalue weighted by Gasteiger charge is -2.25. The molecule has 0 saturated carbocycles. The van der Waals surface area contributed by atoms with Gasteiger partial charge in [-0.25, -0.2) is 9.97 Å². The van der Waals surface area contributed by atoms with Gasteiger partial charge in [0.2, 0.25) is 5.91 Å². The van der Waals surface area contributed by atoms with Crippen molar-refractivity contribution in [2.24, 2.45) is 0 Å². The van der Waals surface area contributed by atoms with Crippen LogP contribution in [-0.2, 0) is 11.3 Å². The number of anilines is 1. The normalized spacial score (nSPS) is 15.4. The van der Waals surface area contributed by atoms with Gasteiger partial charge in [-0.2, -0.15) is 0 Å². The van der Waals surface area contributed by atoms with Crippen LogP contribution in [0, 0.1) is 0 Å². The van der Waals surface area contributed by atoms with Crippen molar-refractivity contribution in [2.75, 3.05) is 5.73 Å². The molecule has 4 heterocycles. The van der Waals surface area contributed by atoms with E-state index in [0.29, 0.717) is 24.4 Å². The molecule has 0 radical (unpaired) electrons. The maximum atomic E-state index is 12.4. The van der Waals surface area contributed by atoms with Crippen LogP contribution in [0.4, 0.5) is 5.82 Å². The number of rotatable bonds is 4. The minimum atomic E-state index is -0.173. The minimum Gasteiger partial charge on any atom is -0.383 e. The van der Waals surface area contributed by atoms with Crippen LogP contribution in [-0.4, -0.2) is 31.5 Å². The second kappa shape index (κ2) is 7.60. The summed E-state index contributed by atoms with van der Waals surface area (Å²) in [6, 6.07) is 9.97. The Labute approximate surface area is 185 Å². The molecule has 0 unspecified atom stereocenters. The first kappa shape index (κ1) is 19.9. The second-order valence-electron chi connectivity index (χ2n) is 8.10. The van der Waals surface area contributed by atoms with Crippen molar-refractivity contribution < 1.29 is 4.79 Å². The van der Waals surface area contributed by atoms with E-state index in [0.717, 1.165) is 44.3 Å². The van der Waals surface area contributed by atoms with Crippen LogP contribution in [0.5, 0.6) is 0 Å². The molecule has 5 rings (SSSR count). The van der Waals surface area contributed by atoms with E-state index in [2.05, 4.69) is 43.6 Å². The number of allylic oxidation sites excluding steroid dienone is 1. The van der Waals surface area contributed by atoms with Gasteiger partial charge in [0, 0.05) is 34.8 Å². The Hall–Kier alpha value is -4.00. The number of nitrogen functional groups attached to an aromatic ring is 1. The van der Waals surface area contributed by atoms with Crippen LogP contribution in [0.2, 0.25) is 0 Å². The highest BCUT2D eigenvalue weighted by Crippen LogP contribution is 2.41. The molecular weight excluding hydrogens is 400 g/mol. The summed E-state index contributed by atoms with van der Waals surface area (Å²) in [5, 5.41) is 4.92. The fraction of sp³-hybridized carbons (Fsp3) is 0.200. The molecule has 0 spiro atoms. The molecule has 160 valence electrons. The highest BCUT2D eigenvalue weighted by Gasteiger charge is 2.28. The van der Waals surface area contributed by atoms with Gasteiger partial charge in [-0.15, -0.1) is 0 Å². The second-order valence-corrected chi connectivity index (χ2v) is 8.10. The molecule has 0 fully saturated rings.